The van der Waals surface area contributed by atoms with Crippen molar-refractivity contribution in [3.05, 3.63) is 11.6 Å². The molecular formula is C29H54N4O22P2Y. The van der Waals surface area contributed by atoms with Crippen LogP contribution in [-0.2, 0) is 107 Å². The van der Waals surface area contributed by atoms with Crippen LogP contribution < -0.4 is 5.32 Å². The van der Waals surface area contributed by atoms with Crippen molar-refractivity contribution >= 4 is 21.8 Å². The molecule has 12 unspecified atom stereocenters. The van der Waals surface area contributed by atoms with E-state index in [4.69, 9.17) is 57.4 Å². The molecule has 335 valence electrons. The molecule has 0 saturated carbocycles. The summed E-state index contributed by atoms with van der Waals surface area (Å²) in [5.41, 5.74) is 0. The Morgan fingerprint density at radius 1 is 0.690 bits per heavy atom. The summed E-state index contributed by atoms with van der Waals surface area (Å²) in [6, 6.07) is 0. The maximum Gasteiger partial charge on any atom is 0.327 e. The maximum atomic E-state index is 11.9. The molecule has 2 aliphatic heterocycles. The molecule has 0 amide bonds. The van der Waals surface area contributed by atoms with Crippen LogP contribution in [-0.4, -0.2) is 203 Å². The van der Waals surface area contributed by atoms with Gasteiger partial charge in [-0.05, 0) is 0 Å². The number of aliphatic hydroxyl groups is 7. The molecule has 0 aliphatic carbocycles. The van der Waals surface area contributed by atoms with E-state index in [-0.39, 0.29) is 123 Å². The van der Waals surface area contributed by atoms with Gasteiger partial charge in [-0.25, -0.2) is 14.8 Å². The predicted molar refractivity (Wildman–Crippen MR) is 187 cm³/mol. The average Bonchev–Trinajstić information content (AvgIpc) is 3.19. The molecule has 3 rings (SSSR count). The number of rotatable bonds is 29. The van der Waals surface area contributed by atoms with Gasteiger partial charge in [0.1, 0.15) is 51.0 Å². The molecule has 26 nitrogen and oxygen atoms in total. The summed E-state index contributed by atoms with van der Waals surface area (Å²) in [6.07, 6.45) is -10.1. The number of hydrogen-bond acceptors (Lipinski definition) is 26. The first-order valence-electron chi connectivity index (χ1n) is 17.6. The van der Waals surface area contributed by atoms with Crippen molar-refractivity contribution in [2.45, 2.75) is 62.0 Å². The second-order valence-corrected chi connectivity index (χ2v) is 15.7. The monoisotopic (exact) mass is 961 g/mol. The van der Waals surface area contributed by atoms with E-state index in [1.54, 1.807) is 0 Å². The van der Waals surface area contributed by atoms with E-state index in [9.17, 15) is 39.8 Å². The van der Waals surface area contributed by atoms with E-state index in [0.29, 0.717) is 0 Å². The third-order valence-corrected chi connectivity index (χ3v) is 10.7. The quantitative estimate of drug-likeness (QED) is 0.0124. The molecule has 0 aromatic carbocycles. The van der Waals surface area contributed by atoms with Crippen LogP contribution in [0.15, 0.2) is 0 Å². The second-order valence-electron chi connectivity index (χ2n) is 12.5. The first-order chi connectivity index (χ1) is 27.4. The van der Waals surface area contributed by atoms with E-state index < -0.39 is 103 Å². The Morgan fingerprint density at radius 2 is 1.28 bits per heavy atom. The molecule has 1 aromatic heterocycles. The van der Waals surface area contributed by atoms with Gasteiger partial charge >= 0.3 is 15.9 Å². The van der Waals surface area contributed by atoms with Crippen LogP contribution in [0.25, 0.3) is 0 Å². The summed E-state index contributed by atoms with van der Waals surface area (Å²) in [6.45, 7) is -2.94. The molecule has 3 heterocycles. The van der Waals surface area contributed by atoms with Gasteiger partial charge in [-0.1, -0.05) is 0 Å². The summed E-state index contributed by atoms with van der Waals surface area (Å²) in [4.78, 5) is 20.6. The normalized spacial score (nSPS) is 29.1. The molecule has 12 atom stereocenters. The van der Waals surface area contributed by atoms with Crippen LogP contribution >= 0.6 is 15.9 Å². The molecular weight excluding hydrogens is 907 g/mol. The molecule has 29 heteroatoms. The van der Waals surface area contributed by atoms with Crippen LogP contribution in [0, 0.1) is 11.8 Å². The Kier molecular flexibility index (Phi) is 26.9. The zero-order valence-electron chi connectivity index (χ0n) is 31.6. The molecule has 0 bridgehead atoms. The van der Waals surface area contributed by atoms with Gasteiger partial charge in [0.05, 0.1) is 97.1 Å². The van der Waals surface area contributed by atoms with Crippen molar-refractivity contribution in [2.75, 3.05) is 98.0 Å². The van der Waals surface area contributed by atoms with Gasteiger partial charge in [-0.15, -0.1) is 0 Å². The smallest absolute Gasteiger partial charge is 0.327 e. The number of nitrogens with one attached hydrogen (secondary N) is 1. The topological polar surface area (TPSA) is 368 Å². The minimum atomic E-state index is -3.37. The first-order valence-corrected chi connectivity index (χ1v) is 20.8. The van der Waals surface area contributed by atoms with E-state index in [1.165, 1.54) is 6.66 Å². The molecule has 1 radical (unpaired) electrons. The number of nitrogens with zero attached hydrogens (tertiary/aromatic N) is 3. The van der Waals surface area contributed by atoms with Gasteiger partial charge in [-0.2, -0.15) is 9.97 Å². The molecule has 0 spiro atoms. The Balaban J connectivity index is 0.0000116. The van der Waals surface area contributed by atoms with Crippen molar-refractivity contribution < 1.29 is 140 Å². The molecule has 10 N–H and O–H groups in total. The van der Waals surface area contributed by atoms with Crippen molar-refractivity contribution in [3.63, 3.8) is 0 Å². The molecule has 2 saturated heterocycles. The average molecular weight is 962 g/mol. The van der Waals surface area contributed by atoms with E-state index in [2.05, 4.69) is 30.0 Å². The van der Waals surface area contributed by atoms with Gasteiger partial charge in [0.2, 0.25) is 5.95 Å². The van der Waals surface area contributed by atoms with Crippen molar-refractivity contribution in [1.82, 2.24) is 15.0 Å². The number of aromatic nitrogens is 3. The van der Waals surface area contributed by atoms with Crippen LogP contribution in [0.1, 0.15) is 11.6 Å². The molecule has 1 aromatic rings. The van der Waals surface area contributed by atoms with Crippen molar-refractivity contribution in [1.29, 1.82) is 0 Å². The predicted octanol–water partition coefficient (Wildman–Crippen LogP) is -3.27. The van der Waals surface area contributed by atoms with Gasteiger partial charge in [0, 0.05) is 51.2 Å². The van der Waals surface area contributed by atoms with Crippen LogP contribution in [0.2, 0.25) is 0 Å². The third kappa shape index (κ3) is 18.1. The Morgan fingerprint density at radius 3 is 1.91 bits per heavy atom. The summed E-state index contributed by atoms with van der Waals surface area (Å²) in [5.74, 6) is -1.82. The van der Waals surface area contributed by atoms with Crippen LogP contribution in [0.4, 0.5) is 5.95 Å². The number of aliphatic hydroxyl groups excluding tert-OH is 7. The summed E-state index contributed by atoms with van der Waals surface area (Å²) >= 11 is 0. The molecule has 58 heavy (non-hydrogen) atoms. The summed E-state index contributed by atoms with van der Waals surface area (Å²) in [5, 5.41) is 91.2. The van der Waals surface area contributed by atoms with Crippen LogP contribution in [0.3, 0.4) is 0 Å². The Bertz CT molecular complexity index is 1350. The standard InChI is InChI=1S/C29H54N4O22P2.Y/c1-57(44,52-3-2-34)53-7-6-51-56(43)50-5-4-45-16-30-29-32-23(9-36)31-24(33-29)15-47-12-20-18(11-48-41)26(38)27(39)21(55-20)13-46-10-17-19(8-35)54-22(14-49-42)28(40)25(17)37;/h17-22,25-28,34-42,56H,2-16H2,1H3,(H,30,31,32,33);. The van der Waals surface area contributed by atoms with Crippen molar-refractivity contribution in [2.24, 2.45) is 11.8 Å². The fourth-order valence-electron chi connectivity index (χ4n) is 5.64. The molecule has 2 fully saturated rings. The minimum Gasteiger partial charge on any atom is -0.394 e. The third-order valence-electron chi connectivity index (χ3n) is 8.48. The van der Waals surface area contributed by atoms with Crippen molar-refractivity contribution in [3.8, 4) is 0 Å². The zero-order valence-corrected chi connectivity index (χ0v) is 36.3. The van der Waals surface area contributed by atoms with Gasteiger partial charge in [-0.3, -0.25) is 19.6 Å². The zero-order chi connectivity index (χ0) is 41.8. The van der Waals surface area contributed by atoms with E-state index >= 15 is 0 Å². The summed E-state index contributed by atoms with van der Waals surface area (Å²) < 4.78 is 71.9. The van der Waals surface area contributed by atoms with Gasteiger partial charge in [0.25, 0.3) is 0 Å². The van der Waals surface area contributed by atoms with Gasteiger partial charge < -0.3 is 82.8 Å². The number of anilines is 1. The maximum absolute atomic E-state index is 11.9. The van der Waals surface area contributed by atoms with Gasteiger partial charge in [0.15, 0.2) is 11.6 Å². The Hall–Kier alpha value is -0.426. The largest absolute Gasteiger partial charge is 0.394 e. The van der Waals surface area contributed by atoms with Crippen LogP contribution in [0.5, 0.6) is 0 Å². The SMILES string of the molecule is CP(=O)(OCCO)OCCO[PH](=O)OCCOCNc1nc(CO)nc(COCC2OC(COCC3C(CO)OC(COO)C(O)C3O)C(O)C(O)C2COO)n1.[Y]. The Labute approximate surface area is 358 Å². The minimum absolute atomic E-state index is 0. The second kappa shape index (κ2) is 29.0. The number of ether oxygens (including phenoxy) is 5. The summed E-state index contributed by atoms with van der Waals surface area (Å²) in [7, 11) is -6.27. The number of hydrogen-bond donors (Lipinski definition) is 10. The first kappa shape index (κ1) is 53.7. The van der Waals surface area contributed by atoms with E-state index in [0.717, 1.165) is 0 Å². The molecule has 2 aliphatic rings. The van der Waals surface area contributed by atoms with E-state index in [1.807, 2.05) is 0 Å². The fraction of sp³-hybridized carbons (Fsp3) is 0.897. The fourth-order valence-corrected chi connectivity index (χ4v) is 7.12.